The van der Waals surface area contributed by atoms with Gasteiger partial charge in [0.05, 0.1) is 4.47 Å². The fraction of sp³-hybridized carbons (Fsp3) is 0.300. The number of amidine groups is 1. The van der Waals surface area contributed by atoms with E-state index in [2.05, 4.69) is 20.7 Å². The van der Waals surface area contributed by atoms with E-state index in [0.29, 0.717) is 6.07 Å². The maximum Gasteiger partial charge on any atom is 0.434 e. The highest BCUT2D eigenvalue weighted by Gasteiger charge is 2.59. The molecule has 0 radical (unpaired) electrons. The third-order valence-electron chi connectivity index (χ3n) is 2.18. The van der Waals surface area contributed by atoms with Crippen LogP contribution >= 0.6 is 15.9 Å². The molecule has 1 aromatic carbocycles. The Hall–Kier alpha value is -1.52. The van der Waals surface area contributed by atoms with Gasteiger partial charge in [0.25, 0.3) is 6.10 Å². The Balaban J connectivity index is 3.24. The molecule has 0 saturated carbocycles. The molecule has 0 heterocycles. The Morgan fingerprint density at radius 2 is 1.62 bits per heavy atom. The number of nitrogens with one attached hydrogen (secondary N) is 1. The SMILES string of the molecule is N=C(N)c1ccc(OC(C(F)(F)F)C(F)(F)F)c(F)c1Br. The van der Waals surface area contributed by atoms with E-state index in [9.17, 15) is 30.7 Å². The number of benzene rings is 1. The minimum Gasteiger partial charge on any atom is -0.468 e. The number of ether oxygens (including phenoxy) is 1. The van der Waals surface area contributed by atoms with Crippen molar-refractivity contribution in [3.63, 3.8) is 0 Å². The second-order valence-corrected chi connectivity index (χ2v) is 4.53. The molecule has 11 heteroatoms. The molecule has 0 fully saturated rings. The van der Waals surface area contributed by atoms with Crippen molar-refractivity contribution >= 4 is 21.8 Å². The number of hydrogen-bond acceptors (Lipinski definition) is 2. The Morgan fingerprint density at radius 1 is 1.14 bits per heavy atom. The number of nitrogens with two attached hydrogens (primary N) is 1. The van der Waals surface area contributed by atoms with Crippen molar-refractivity contribution in [3.8, 4) is 5.75 Å². The summed E-state index contributed by atoms with van der Waals surface area (Å²) < 4.78 is 90.7. The molecule has 3 nitrogen and oxygen atoms in total. The third kappa shape index (κ3) is 3.99. The quantitative estimate of drug-likeness (QED) is 0.475. The summed E-state index contributed by atoms with van der Waals surface area (Å²) in [5.41, 5.74) is 4.82. The van der Waals surface area contributed by atoms with E-state index in [4.69, 9.17) is 11.1 Å². The van der Waals surface area contributed by atoms with Gasteiger partial charge in [-0.1, -0.05) is 0 Å². The van der Waals surface area contributed by atoms with Crippen LogP contribution in [0.15, 0.2) is 16.6 Å². The van der Waals surface area contributed by atoms with Crippen LogP contribution in [0.3, 0.4) is 0 Å². The first-order valence-electron chi connectivity index (χ1n) is 4.98. The molecule has 0 aromatic heterocycles. The summed E-state index contributed by atoms with van der Waals surface area (Å²) in [4.78, 5) is 0. The van der Waals surface area contributed by atoms with Crippen molar-refractivity contribution in [1.82, 2.24) is 0 Å². The number of rotatable bonds is 3. The minimum absolute atomic E-state index is 0.240. The van der Waals surface area contributed by atoms with Crippen LogP contribution in [0.4, 0.5) is 30.7 Å². The summed E-state index contributed by atoms with van der Waals surface area (Å²) in [5, 5.41) is 7.06. The average molecular weight is 383 g/mol. The van der Waals surface area contributed by atoms with Gasteiger partial charge < -0.3 is 10.5 Å². The normalized spacial score (nSPS) is 12.6. The van der Waals surface area contributed by atoms with Crippen LogP contribution in [-0.2, 0) is 0 Å². The van der Waals surface area contributed by atoms with E-state index in [1.807, 2.05) is 0 Å². The molecule has 3 N–H and O–H groups in total. The predicted octanol–water partition coefficient (Wildman–Crippen LogP) is 3.74. The van der Waals surface area contributed by atoms with Crippen molar-refractivity contribution in [1.29, 1.82) is 5.41 Å². The van der Waals surface area contributed by atoms with Crippen molar-refractivity contribution < 1.29 is 35.5 Å². The summed E-state index contributed by atoms with van der Waals surface area (Å²) in [6, 6.07) is 1.38. The van der Waals surface area contributed by atoms with Crippen molar-refractivity contribution in [2.75, 3.05) is 0 Å². The smallest absolute Gasteiger partial charge is 0.434 e. The van der Waals surface area contributed by atoms with Crippen LogP contribution < -0.4 is 10.5 Å². The van der Waals surface area contributed by atoms with Gasteiger partial charge in [-0.25, -0.2) is 4.39 Å². The number of hydrogen-bond donors (Lipinski definition) is 2. The lowest BCUT2D eigenvalue weighted by Gasteiger charge is -2.24. The molecule has 0 unspecified atom stereocenters. The van der Waals surface area contributed by atoms with E-state index in [-0.39, 0.29) is 5.56 Å². The minimum atomic E-state index is -5.77. The lowest BCUT2D eigenvalue weighted by molar-refractivity contribution is -0.300. The highest BCUT2D eigenvalue weighted by molar-refractivity contribution is 9.10. The maximum absolute atomic E-state index is 13.7. The highest BCUT2D eigenvalue weighted by atomic mass is 79.9. The molecule has 0 amide bonds. The Morgan fingerprint density at radius 3 is 2.00 bits per heavy atom. The second-order valence-electron chi connectivity index (χ2n) is 3.73. The first-order valence-corrected chi connectivity index (χ1v) is 5.77. The van der Waals surface area contributed by atoms with Gasteiger partial charge in [-0.15, -0.1) is 0 Å². The van der Waals surface area contributed by atoms with Crippen molar-refractivity contribution in [2.45, 2.75) is 18.5 Å². The second kappa shape index (κ2) is 5.70. The fourth-order valence-electron chi connectivity index (χ4n) is 1.28. The molecular weight excluding hydrogens is 377 g/mol. The molecule has 0 bridgehead atoms. The summed E-state index contributed by atoms with van der Waals surface area (Å²) in [6.45, 7) is 0. The van der Waals surface area contributed by atoms with E-state index >= 15 is 0 Å². The van der Waals surface area contributed by atoms with E-state index in [1.165, 1.54) is 0 Å². The molecule has 1 aromatic rings. The maximum atomic E-state index is 13.7. The van der Waals surface area contributed by atoms with Crippen LogP contribution in [0.1, 0.15) is 5.56 Å². The topological polar surface area (TPSA) is 59.1 Å². The largest absolute Gasteiger partial charge is 0.468 e. The average Bonchev–Trinajstić information content (AvgIpc) is 2.27. The standard InChI is InChI=1S/C10H6BrF7N2O/c11-5-3(7(19)20)1-2-4(6(5)12)21-8(9(13,14)15)10(16,17)18/h1-2,8H,(H3,19,20). The zero-order chi connectivity index (χ0) is 16.6. The van der Waals surface area contributed by atoms with Gasteiger partial charge in [-0.2, -0.15) is 26.3 Å². The zero-order valence-electron chi connectivity index (χ0n) is 9.74. The van der Waals surface area contributed by atoms with Gasteiger partial charge in [-0.3, -0.25) is 5.41 Å². The molecule has 0 aliphatic rings. The number of alkyl halides is 6. The lowest BCUT2D eigenvalue weighted by Crippen LogP contribution is -2.46. The van der Waals surface area contributed by atoms with Gasteiger partial charge in [0, 0.05) is 5.56 Å². The summed E-state index contributed by atoms with van der Waals surface area (Å²) >= 11 is 2.58. The lowest BCUT2D eigenvalue weighted by atomic mass is 10.2. The monoisotopic (exact) mass is 382 g/mol. The Kier molecular flexibility index (Phi) is 4.76. The van der Waals surface area contributed by atoms with Gasteiger partial charge in [0.15, 0.2) is 11.6 Å². The zero-order valence-corrected chi connectivity index (χ0v) is 11.3. The van der Waals surface area contributed by atoms with Gasteiger partial charge in [-0.05, 0) is 28.1 Å². The van der Waals surface area contributed by atoms with Crippen LogP contribution in [0, 0.1) is 11.2 Å². The van der Waals surface area contributed by atoms with E-state index in [1.54, 1.807) is 0 Å². The molecule has 0 saturated heterocycles. The molecule has 0 aliphatic carbocycles. The summed E-state index contributed by atoms with van der Waals surface area (Å²) in [6.07, 6.45) is -15.7. The molecule has 0 atom stereocenters. The van der Waals surface area contributed by atoms with E-state index < -0.39 is 40.3 Å². The predicted molar refractivity (Wildman–Crippen MR) is 61.6 cm³/mol. The molecule has 21 heavy (non-hydrogen) atoms. The van der Waals surface area contributed by atoms with E-state index in [0.717, 1.165) is 6.07 Å². The fourth-order valence-corrected chi connectivity index (χ4v) is 1.82. The molecule has 118 valence electrons. The summed E-state index contributed by atoms with van der Waals surface area (Å²) in [7, 11) is 0. The van der Waals surface area contributed by atoms with Crippen molar-refractivity contribution in [2.24, 2.45) is 5.73 Å². The van der Waals surface area contributed by atoms with Crippen LogP contribution in [0.2, 0.25) is 0 Å². The number of nitrogen functional groups attached to an aromatic ring is 1. The van der Waals surface area contributed by atoms with Crippen LogP contribution in [0.25, 0.3) is 0 Å². The Bertz CT molecular complexity index is 542. The number of halogens is 8. The van der Waals surface area contributed by atoms with Crippen LogP contribution in [-0.4, -0.2) is 24.3 Å². The Labute approximate surface area is 121 Å². The summed E-state index contributed by atoms with van der Waals surface area (Å²) in [5.74, 6) is -3.43. The van der Waals surface area contributed by atoms with Gasteiger partial charge in [0.1, 0.15) is 5.84 Å². The van der Waals surface area contributed by atoms with Gasteiger partial charge >= 0.3 is 12.4 Å². The molecule has 0 aliphatic heterocycles. The molecule has 1 rings (SSSR count). The highest BCUT2D eigenvalue weighted by Crippen LogP contribution is 2.38. The van der Waals surface area contributed by atoms with Gasteiger partial charge in [0.2, 0.25) is 0 Å². The first-order chi connectivity index (χ1) is 9.35. The van der Waals surface area contributed by atoms with Crippen molar-refractivity contribution in [3.05, 3.63) is 28.0 Å². The molecular formula is C10H6BrF7N2O. The first kappa shape index (κ1) is 17.5. The third-order valence-corrected chi connectivity index (χ3v) is 2.95. The molecule has 0 spiro atoms. The van der Waals surface area contributed by atoms with Crippen LogP contribution in [0.5, 0.6) is 5.75 Å².